The molecule has 2 N–H and O–H groups in total. The van der Waals surface area contributed by atoms with E-state index >= 15 is 0 Å². The maximum atomic E-state index is 11.9. The Balaban J connectivity index is 1.73. The number of aryl methyl sites for hydroxylation is 1. The molecule has 28 heavy (non-hydrogen) atoms. The van der Waals surface area contributed by atoms with Crippen LogP contribution in [0.1, 0.15) is 23.2 Å². The van der Waals surface area contributed by atoms with Crippen molar-refractivity contribution in [2.24, 2.45) is 0 Å². The first-order valence-corrected chi connectivity index (χ1v) is 9.27. The van der Waals surface area contributed by atoms with Gasteiger partial charge in [-0.25, -0.2) is 0 Å². The number of hydrogen-bond donors (Lipinski definition) is 2. The van der Waals surface area contributed by atoms with E-state index in [1.807, 2.05) is 6.92 Å². The second-order valence-electron chi connectivity index (χ2n) is 6.45. The van der Waals surface area contributed by atoms with Crippen LogP contribution in [0.4, 0.5) is 17.7 Å². The van der Waals surface area contributed by atoms with Gasteiger partial charge >= 0.3 is 0 Å². The van der Waals surface area contributed by atoms with Gasteiger partial charge in [0, 0.05) is 39.1 Å². The van der Waals surface area contributed by atoms with Crippen LogP contribution in [0.2, 0.25) is 0 Å². The summed E-state index contributed by atoms with van der Waals surface area (Å²) in [6.07, 6.45) is 2.30. The molecule has 1 saturated heterocycles. The van der Waals surface area contributed by atoms with E-state index in [1.165, 1.54) is 0 Å². The predicted molar refractivity (Wildman–Crippen MR) is 107 cm³/mol. The quantitative estimate of drug-likeness (QED) is 0.665. The van der Waals surface area contributed by atoms with Gasteiger partial charge in [0.25, 0.3) is 5.91 Å². The Labute approximate surface area is 164 Å². The maximum absolute atomic E-state index is 11.9. The lowest BCUT2D eigenvalue weighted by atomic mass is 10.3. The van der Waals surface area contributed by atoms with Crippen molar-refractivity contribution in [3.63, 3.8) is 0 Å². The molecule has 2 aromatic heterocycles. The van der Waals surface area contributed by atoms with Crippen molar-refractivity contribution in [1.82, 2.24) is 35.4 Å². The smallest absolute Gasteiger partial charge is 0.272 e. The molecule has 1 fully saturated rings. The molecule has 0 radical (unpaired) electrons. The fourth-order valence-electron chi connectivity index (χ4n) is 2.66. The van der Waals surface area contributed by atoms with Gasteiger partial charge in [-0.3, -0.25) is 4.79 Å². The lowest BCUT2D eigenvalue weighted by molar-refractivity contribution is 0.0952. The van der Waals surface area contributed by atoms with Gasteiger partial charge in [-0.15, -0.1) is 16.8 Å². The third kappa shape index (κ3) is 4.97. The molecule has 1 aliphatic heterocycles. The minimum absolute atomic E-state index is 0.232. The van der Waals surface area contributed by atoms with Crippen LogP contribution in [0.5, 0.6) is 0 Å². The lowest BCUT2D eigenvalue weighted by Gasteiger charge is -2.32. The molecule has 10 nitrogen and oxygen atoms in total. The van der Waals surface area contributed by atoms with Gasteiger partial charge in [0.05, 0.1) is 0 Å². The third-order valence-electron chi connectivity index (χ3n) is 4.32. The molecular formula is C18H25N9O. The standard InChI is InChI=1S/C18H25N9O/c1-4-8-19-16(28)13-6-7-15(25-24-13)21-17-20-14(5-2)22-18(23-17)27-11-9-26(3)10-12-27/h4,6-7H,1,5,8-12H2,2-3H3,(H,19,28)(H,20,21,22,23,25). The Morgan fingerprint density at radius 3 is 2.61 bits per heavy atom. The third-order valence-corrected chi connectivity index (χ3v) is 4.32. The number of likely N-dealkylation sites (N-methyl/N-ethyl adjacent to an activating group) is 1. The molecule has 1 aliphatic rings. The number of amides is 1. The fourth-order valence-corrected chi connectivity index (χ4v) is 2.66. The Kier molecular flexibility index (Phi) is 6.43. The van der Waals surface area contributed by atoms with Crippen LogP contribution in [-0.2, 0) is 6.42 Å². The molecule has 2 aromatic rings. The number of carbonyl (C=O) groups excluding carboxylic acids is 1. The minimum Gasteiger partial charge on any atom is -0.347 e. The second kappa shape index (κ2) is 9.18. The lowest BCUT2D eigenvalue weighted by Crippen LogP contribution is -2.45. The topological polar surface area (TPSA) is 112 Å². The average Bonchev–Trinajstić information content (AvgIpc) is 2.72. The average molecular weight is 383 g/mol. The molecule has 0 aliphatic carbocycles. The molecule has 148 valence electrons. The zero-order chi connectivity index (χ0) is 19.9. The number of aromatic nitrogens is 5. The summed E-state index contributed by atoms with van der Waals surface area (Å²) in [5.74, 6) is 1.94. The number of piperazine rings is 1. The van der Waals surface area contributed by atoms with Crippen LogP contribution in [0.25, 0.3) is 0 Å². The molecule has 0 atom stereocenters. The van der Waals surface area contributed by atoms with Crippen molar-refractivity contribution < 1.29 is 4.79 Å². The summed E-state index contributed by atoms with van der Waals surface area (Å²) in [6.45, 7) is 9.62. The summed E-state index contributed by atoms with van der Waals surface area (Å²) in [4.78, 5) is 29.8. The van der Waals surface area contributed by atoms with Crippen LogP contribution in [0.15, 0.2) is 24.8 Å². The Hall–Kier alpha value is -3.14. The molecule has 0 unspecified atom stereocenters. The molecule has 10 heteroatoms. The summed E-state index contributed by atoms with van der Waals surface area (Å²) in [6, 6.07) is 3.26. The first kappa shape index (κ1) is 19.6. The van der Waals surface area contributed by atoms with E-state index in [4.69, 9.17) is 0 Å². The van der Waals surface area contributed by atoms with Crippen LogP contribution in [0.3, 0.4) is 0 Å². The highest BCUT2D eigenvalue weighted by molar-refractivity contribution is 5.92. The fraction of sp³-hybridized carbons (Fsp3) is 0.444. The molecule has 3 heterocycles. The van der Waals surface area contributed by atoms with Gasteiger partial charge in [0.1, 0.15) is 5.82 Å². The van der Waals surface area contributed by atoms with E-state index in [2.05, 4.69) is 59.2 Å². The van der Waals surface area contributed by atoms with Crippen molar-refractivity contribution in [3.8, 4) is 0 Å². The molecule has 0 bridgehead atoms. The maximum Gasteiger partial charge on any atom is 0.272 e. The van der Waals surface area contributed by atoms with Crippen LogP contribution in [0, 0.1) is 0 Å². The molecule has 0 saturated carbocycles. The summed E-state index contributed by atoms with van der Waals surface area (Å²) < 4.78 is 0. The monoisotopic (exact) mass is 383 g/mol. The number of hydrogen-bond acceptors (Lipinski definition) is 9. The first-order valence-electron chi connectivity index (χ1n) is 9.27. The number of rotatable bonds is 7. The first-order chi connectivity index (χ1) is 13.6. The highest BCUT2D eigenvalue weighted by atomic mass is 16.1. The van der Waals surface area contributed by atoms with E-state index in [9.17, 15) is 4.79 Å². The predicted octanol–water partition coefficient (Wildman–Crippen LogP) is 0.635. The van der Waals surface area contributed by atoms with E-state index in [0.717, 1.165) is 26.2 Å². The Morgan fingerprint density at radius 2 is 1.96 bits per heavy atom. The van der Waals surface area contributed by atoms with Gasteiger partial charge < -0.3 is 20.4 Å². The molecule has 0 aromatic carbocycles. The summed E-state index contributed by atoms with van der Waals surface area (Å²) in [7, 11) is 2.11. The van der Waals surface area contributed by atoms with Gasteiger partial charge in [0.15, 0.2) is 11.5 Å². The van der Waals surface area contributed by atoms with E-state index in [0.29, 0.717) is 36.5 Å². The Bertz CT molecular complexity index is 816. The normalized spacial score (nSPS) is 14.6. The molecule has 0 spiro atoms. The zero-order valence-corrected chi connectivity index (χ0v) is 16.2. The Morgan fingerprint density at radius 1 is 1.18 bits per heavy atom. The van der Waals surface area contributed by atoms with Crippen LogP contribution < -0.4 is 15.5 Å². The highest BCUT2D eigenvalue weighted by Gasteiger charge is 2.18. The number of nitrogens with zero attached hydrogens (tertiary/aromatic N) is 7. The summed E-state index contributed by atoms with van der Waals surface area (Å²) in [5, 5.41) is 13.7. The second-order valence-corrected chi connectivity index (χ2v) is 6.45. The molecular weight excluding hydrogens is 358 g/mol. The summed E-state index contributed by atoms with van der Waals surface area (Å²) in [5.41, 5.74) is 0.232. The van der Waals surface area contributed by atoms with Gasteiger partial charge in [0.2, 0.25) is 11.9 Å². The van der Waals surface area contributed by atoms with Crippen molar-refractivity contribution in [2.75, 3.05) is 50.0 Å². The molecule has 1 amide bonds. The van der Waals surface area contributed by atoms with Crippen molar-refractivity contribution >= 4 is 23.6 Å². The zero-order valence-electron chi connectivity index (χ0n) is 16.2. The van der Waals surface area contributed by atoms with Crippen LogP contribution in [-0.4, -0.2) is 75.7 Å². The van der Waals surface area contributed by atoms with E-state index < -0.39 is 0 Å². The van der Waals surface area contributed by atoms with E-state index in [-0.39, 0.29) is 11.6 Å². The van der Waals surface area contributed by atoms with Gasteiger partial charge in [-0.05, 0) is 19.2 Å². The van der Waals surface area contributed by atoms with Gasteiger partial charge in [-0.1, -0.05) is 13.0 Å². The largest absolute Gasteiger partial charge is 0.347 e. The van der Waals surface area contributed by atoms with Crippen LogP contribution >= 0.6 is 0 Å². The minimum atomic E-state index is -0.301. The van der Waals surface area contributed by atoms with Crippen molar-refractivity contribution in [3.05, 3.63) is 36.3 Å². The molecule has 3 rings (SSSR count). The number of anilines is 3. The highest BCUT2D eigenvalue weighted by Crippen LogP contribution is 2.16. The van der Waals surface area contributed by atoms with Crippen molar-refractivity contribution in [1.29, 1.82) is 0 Å². The van der Waals surface area contributed by atoms with E-state index in [1.54, 1.807) is 18.2 Å². The number of carbonyl (C=O) groups is 1. The SMILES string of the molecule is C=CCNC(=O)c1ccc(Nc2nc(CC)nc(N3CCN(C)CC3)n2)nn1. The van der Waals surface area contributed by atoms with Gasteiger partial charge in [-0.2, -0.15) is 15.0 Å². The van der Waals surface area contributed by atoms with Crippen molar-refractivity contribution in [2.45, 2.75) is 13.3 Å². The summed E-state index contributed by atoms with van der Waals surface area (Å²) >= 11 is 0. The number of nitrogens with one attached hydrogen (secondary N) is 2.